The molecule has 1 aromatic heterocycles. The van der Waals surface area contributed by atoms with Gasteiger partial charge in [0, 0.05) is 29.1 Å². The molecule has 3 rings (SSSR count). The number of fused-ring (bicyclic) bond motifs is 1. The maximum atomic E-state index is 5.49. The first-order valence-electron chi connectivity index (χ1n) is 7.26. The Morgan fingerprint density at radius 2 is 1.68 bits per heavy atom. The minimum absolute atomic E-state index is 0.797. The van der Waals surface area contributed by atoms with Gasteiger partial charge in [-0.15, -0.1) is 0 Å². The fraction of sp³-hybridized carbons (Fsp3) is 0.211. The van der Waals surface area contributed by atoms with Gasteiger partial charge in [-0.1, -0.05) is 12.1 Å². The van der Waals surface area contributed by atoms with E-state index in [2.05, 4.69) is 61.0 Å². The molecule has 3 nitrogen and oxygen atoms in total. The Hall–Kier alpha value is -2.55. The Kier molecular flexibility index (Phi) is 3.72. The zero-order chi connectivity index (χ0) is 15.7. The highest BCUT2D eigenvalue weighted by atomic mass is 16.5. The second-order valence-corrected chi connectivity index (χ2v) is 5.34. The third-order valence-corrected chi connectivity index (χ3v) is 4.15. The molecule has 0 bridgehead atoms. The molecule has 0 saturated heterocycles. The molecule has 0 radical (unpaired) electrons. The summed E-state index contributed by atoms with van der Waals surface area (Å²) >= 11 is 0. The van der Waals surface area contributed by atoms with Gasteiger partial charge in [0.15, 0.2) is 0 Å². The SMILES string of the molecule is COc1cc(OC)c(C)c(-c2ccc3ccccc3[n+]2C)c1. The van der Waals surface area contributed by atoms with Crippen LogP contribution in [0.25, 0.3) is 22.2 Å². The molecule has 2 aromatic carbocycles. The average Bonchev–Trinajstić information content (AvgIpc) is 2.56. The van der Waals surface area contributed by atoms with Crippen LogP contribution in [-0.4, -0.2) is 14.2 Å². The van der Waals surface area contributed by atoms with Crippen molar-refractivity contribution < 1.29 is 14.0 Å². The monoisotopic (exact) mass is 294 g/mol. The van der Waals surface area contributed by atoms with Crippen molar-refractivity contribution in [3.63, 3.8) is 0 Å². The van der Waals surface area contributed by atoms with Crippen LogP contribution in [0.5, 0.6) is 11.5 Å². The molecule has 0 atom stereocenters. The lowest BCUT2D eigenvalue weighted by Crippen LogP contribution is -2.32. The van der Waals surface area contributed by atoms with Crippen molar-refractivity contribution >= 4 is 10.9 Å². The zero-order valence-electron chi connectivity index (χ0n) is 13.4. The molecule has 0 amide bonds. The van der Waals surface area contributed by atoms with Crippen LogP contribution in [0.1, 0.15) is 5.56 Å². The van der Waals surface area contributed by atoms with Crippen molar-refractivity contribution in [1.82, 2.24) is 0 Å². The molecule has 0 aliphatic carbocycles. The molecule has 0 saturated carbocycles. The maximum absolute atomic E-state index is 5.49. The van der Waals surface area contributed by atoms with Gasteiger partial charge in [-0.3, -0.25) is 0 Å². The van der Waals surface area contributed by atoms with Gasteiger partial charge in [0.25, 0.3) is 0 Å². The van der Waals surface area contributed by atoms with Crippen LogP contribution < -0.4 is 14.0 Å². The summed E-state index contributed by atoms with van der Waals surface area (Å²) < 4.78 is 13.1. The summed E-state index contributed by atoms with van der Waals surface area (Å²) in [6.45, 7) is 2.07. The lowest BCUT2D eigenvalue weighted by Gasteiger charge is -2.12. The number of pyridine rings is 1. The van der Waals surface area contributed by atoms with Crippen molar-refractivity contribution in [2.24, 2.45) is 7.05 Å². The fourth-order valence-electron chi connectivity index (χ4n) is 2.87. The first-order valence-corrected chi connectivity index (χ1v) is 7.26. The van der Waals surface area contributed by atoms with Gasteiger partial charge < -0.3 is 9.47 Å². The molecule has 0 N–H and O–H groups in total. The first-order chi connectivity index (χ1) is 10.7. The van der Waals surface area contributed by atoms with E-state index in [9.17, 15) is 0 Å². The number of aromatic nitrogens is 1. The number of ether oxygens (including phenoxy) is 2. The van der Waals surface area contributed by atoms with E-state index in [4.69, 9.17) is 9.47 Å². The van der Waals surface area contributed by atoms with Gasteiger partial charge in [0.2, 0.25) is 11.2 Å². The highest BCUT2D eigenvalue weighted by Gasteiger charge is 2.18. The number of methoxy groups -OCH3 is 2. The summed E-state index contributed by atoms with van der Waals surface area (Å²) in [5.41, 5.74) is 4.55. The molecule has 0 aliphatic rings. The molecule has 1 heterocycles. The van der Waals surface area contributed by atoms with Crippen LogP contribution in [0, 0.1) is 6.92 Å². The van der Waals surface area contributed by atoms with Crippen LogP contribution in [0.2, 0.25) is 0 Å². The van der Waals surface area contributed by atoms with Crippen LogP contribution in [0.4, 0.5) is 0 Å². The molecule has 3 aromatic rings. The normalized spacial score (nSPS) is 10.7. The topological polar surface area (TPSA) is 22.3 Å². The predicted octanol–water partition coefficient (Wildman–Crippen LogP) is 3.66. The molecule has 0 aliphatic heterocycles. The van der Waals surface area contributed by atoms with Gasteiger partial charge in [-0.25, -0.2) is 0 Å². The molecular formula is C19H20NO2+. The van der Waals surface area contributed by atoms with Gasteiger partial charge >= 0.3 is 0 Å². The van der Waals surface area contributed by atoms with E-state index >= 15 is 0 Å². The van der Waals surface area contributed by atoms with Gasteiger partial charge in [0.1, 0.15) is 18.5 Å². The second-order valence-electron chi connectivity index (χ2n) is 5.34. The Balaban J connectivity index is 2.29. The molecular weight excluding hydrogens is 274 g/mol. The summed E-state index contributed by atoms with van der Waals surface area (Å²) in [7, 11) is 5.45. The molecule has 0 spiro atoms. The quantitative estimate of drug-likeness (QED) is 0.688. The number of aryl methyl sites for hydroxylation is 1. The number of hydrogen-bond donors (Lipinski definition) is 0. The van der Waals surface area contributed by atoms with Crippen molar-refractivity contribution in [2.45, 2.75) is 6.92 Å². The first kappa shape index (κ1) is 14.4. The number of hydrogen-bond acceptors (Lipinski definition) is 2. The van der Waals surface area contributed by atoms with E-state index in [0.29, 0.717) is 0 Å². The third kappa shape index (κ3) is 2.29. The predicted molar refractivity (Wildman–Crippen MR) is 88.4 cm³/mol. The lowest BCUT2D eigenvalue weighted by atomic mass is 10.0. The second kappa shape index (κ2) is 5.68. The summed E-state index contributed by atoms with van der Waals surface area (Å²) in [5.74, 6) is 1.63. The molecule has 0 fully saturated rings. The van der Waals surface area contributed by atoms with Crippen LogP contribution >= 0.6 is 0 Å². The van der Waals surface area contributed by atoms with Gasteiger partial charge in [0.05, 0.1) is 19.8 Å². The molecule has 22 heavy (non-hydrogen) atoms. The number of benzene rings is 2. The van der Waals surface area contributed by atoms with Crippen molar-refractivity contribution in [1.29, 1.82) is 0 Å². The Morgan fingerprint density at radius 1 is 0.909 bits per heavy atom. The third-order valence-electron chi connectivity index (χ3n) is 4.15. The summed E-state index contributed by atoms with van der Waals surface area (Å²) in [4.78, 5) is 0. The summed E-state index contributed by atoms with van der Waals surface area (Å²) in [6.07, 6.45) is 0. The van der Waals surface area contributed by atoms with Crippen molar-refractivity contribution in [3.05, 3.63) is 54.1 Å². The highest BCUT2D eigenvalue weighted by Crippen LogP contribution is 2.33. The van der Waals surface area contributed by atoms with Crippen molar-refractivity contribution in [2.75, 3.05) is 14.2 Å². The number of para-hydroxylation sites is 1. The number of nitrogens with zero attached hydrogens (tertiary/aromatic N) is 1. The number of rotatable bonds is 3. The standard InChI is InChI=1S/C19H20NO2/c1-13-16(11-15(21-3)12-19(13)22-4)18-10-9-14-7-5-6-8-17(14)20(18)2/h5-12H,1-4H3/q+1. The molecule has 0 unspecified atom stereocenters. The Labute approximate surface area is 130 Å². The fourth-order valence-corrected chi connectivity index (χ4v) is 2.87. The van der Waals surface area contributed by atoms with E-state index < -0.39 is 0 Å². The Morgan fingerprint density at radius 3 is 2.41 bits per heavy atom. The summed E-state index contributed by atoms with van der Waals surface area (Å²) in [6, 6.07) is 16.6. The van der Waals surface area contributed by atoms with E-state index in [1.165, 1.54) is 10.9 Å². The lowest BCUT2D eigenvalue weighted by molar-refractivity contribution is -0.633. The van der Waals surface area contributed by atoms with E-state index in [0.717, 1.165) is 28.3 Å². The van der Waals surface area contributed by atoms with Crippen LogP contribution in [-0.2, 0) is 7.05 Å². The smallest absolute Gasteiger partial charge is 0.213 e. The van der Waals surface area contributed by atoms with Gasteiger partial charge in [-0.05, 0) is 25.1 Å². The zero-order valence-corrected chi connectivity index (χ0v) is 13.4. The van der Waals surface area contributed by atoms with Crippen LogP contribution in [0.3, 0.4) is 0 Å². The minimum Gasteiger partial charge on any atom is -0.497 e. The van der Waals surface area contributed by atoms with E-state index in [1.54, 1.807) is 14.2 Å². The van der Waals surface area contributed by atoms with E-state index in [1.807, 2.05) is 6.07 Å². The van der Waals surface area contributed by atoms with Crippen molar-refractivity contribution in [3.8, 4) is 22.8 Å². The van der Waals surface area contributed by atoms with E-state index in [-0.39, 0.29) is 0 Å². The highest BCUT2D eigenvalue weighted by molar-refractivity contribution is 5.78. The van der Waals surface area contributed by atoms with Crippen LogP contribution in [0.15, 0.2) is 48.5 Å². The van der Waals surface area contributed by atoms with Gasteiger partial charge in [-0.2, -0.15) is 4.57 Å². The largest absolute Gasteiger partial charge is 0.497 e. The Bertz CT molecular complexity index is 840. The minimum atomic E-state index is 0.797. The molecule has 112 valence electrons. The summed E-state index contributed by atoms with van der Waals surface area (Å²) in [5, 5.41) is 1.22. The molecule has 3 heteroatoms. The average molecular weight is 294 g/mol. The maximum Gasteiger partial charge on any atom is 0.213 e.